The number of aliphatic hydroxyl groups is 10. The molecule has 0 aliphatic carbocycles. The van der Waals surface area contributed by atoms with Crippen molar-refractivity contribution >= 4 is 35.9 Å². The van der Waals surface area contributed by atoms with Crippen molar-refractivity contribution in [2.75, 3.05) is 269 Å². The average Bonchev–Trinajstić information content (AvgIpc) is 3.20. The number of nitrogens with zero attached hydrogens (tertiary/aromatic N) is 10. The summed E-state index contributed by atoms with van der Waals surface area (Å²) >= 11 is 0. The van der Waals surface area contributed by atoms with Crippen molar-refractivity contribution in [1.82, 2.24) is 49.0 Å². The van der Waals surface area contributed by atoms with Crippen LogP contribution in [0.5, 0.6) is 0 Å². The number of aliphatic hydroxyl groups excluding tert-OH is 10. The van der Waals surface area contributed by atoms with E-state index in [1.54, 1.807) is 24.5 Å². The van der Waals surface area contributed by atoms with Gasteiger partial charge in [-0.25, -0.2) is 4.79 Å². The van der Waals surface area contributed by atoms with Gasteiger partial charge in [0.05, 0.1) is 124 Å². The standard InChI is InChI=1S/C55H106N10O26/c66-30-46(31-67)88-38-42(39-89-47(32-68)33-69)19-63(23-44(74)21-56-1-5-58(25-50(76)77)9-11-60(27-52(80)81)12-10-59(6-2-56)26-51(78)79)13-14-64(20-43(40-90-48(34-70)35-71)41-91-49(36-72)37-73)24-45(75)22-57-3-7-61(28-53(82)83)15-17-65(55(86)87)18-16-62(8-4-57)29-54(84)85/h42-49,66-75H,1-41H2,(H,76,77)(H,78,79)(H,80,81)(H,82,83)(H,84,85)(H,86,87). The van der Waals surface area contributed by atoms with E-state index in [-0.39, 0.29) is 203 Å². The molecule has 2 rings (SSSR count). The second kappa shape index (κ2) is 48.4. The Kier molecular flexibility index (Phi) is 44.0. The molecule has 0 spiro atoms. The fourth-order valence-corrected chi connectivity index (χ4v) is 10.3. The molecule has 0 aromatic rings. The van der Waals surface area contributed by atoms with Gasteiger partial charge < -0.3 is 106 Å². The second-order valence-electron chi connectivity index (χ2n) is 23.1. The van der Waals surface area contributed by atoms with E-state index in [1.807, 2.05) is 19.6 Å². The number of aliphatic carboxylic acids is 5. The minimum absolute atomic E-state index is 0.0244. The van der Waals surface area contributed by atoms with Crippen LogP contribution in [0.3, 0.4) is 0 Å². The van der Waals surface area contributed by atoms with Crippen LogP contribution < -0.4 is 0 Å². The third-order valence-corrected chi connectivity index (χ3v) is 15.4. The molecule has 36 heteroatoms. The lowest BCUT2D eigenvalue weighted by Crippen LogP contribution is -2.51. The van der Waals surface area contributed by atoms with Crippen LogP contribution in [0.2, 0.25) is 0 Å². The Bertz CT molecular complexity index is 1890. The number of rotatable bonds is 45. The average molecular weight is 1320 g/mol. The highest BCUT2D eigenvalue weighted by atomic mass is 16.5. The van der Waals surface area contributed by atoms with Crippen LogP contribution in [0.15, 0.2) is 0 Å². The Hall–Kier alpha value is -4.30. The topological polar surface area (TPSA) is 495 Å². The van der Waals surface area contributed by atoms with Crippen LogP contribution in [-0.4, -0.2) is 472 Å². The van der Waals surface area contributed by atoms with E-state index in [0.29, 0.717) is 0 Å². The fourth-order valence-electron chi connectivity index (χ4n) is 10.3. The number of carboxylic acid groups (broad SMARTS) is 6. The highest BCUT2D eigenvalue weighted by molar-refractivity contribution is 5.70. The second-order valence-corrected chi connectivity index (χ2v) is 23.1. The van der Waals surface area contributed by atoms with Crippen LogP contribution in [0, 0.1) is 11.8 Å². The molecule has 2 saturated heterocycles. The summed E-state index contributed by atoms with van der Waals surface area (Å²) in [4.78, 5) is 88.4. The third-order valence-electron chi connectivity index (χ3n) is 15.4. The molecule has 0 bridgehead atoms. The van der Waals surface area contributed by atoms with E-state index in [1.165, 1.54) is 0 Å². The molecule has 2 heterocycles. The van der Waals surface area contributed by atoms with Crippen molar-refractivity contribution in [3.63, 3.8) is 0 Å². The predicted molar refractivity (Wildman–Crippen MR) is 320 cm³/mol. The maximum Gasteiger partial charge on any atom is 0.407 e. The van der Waals surface area contributed by atoms with Crippen LogP contribution in [0.1, 0.15) is 0 Å². The molecule has 0 aromatic carbocycles. The molecule has 2 unspecified atom stereocenters. The first-order valence-electron chi connectivity index (χ1n) is 30.7. The van der Waals surface area contributed by atoms with Crippen LogP contribution in [0.25, 0.3) is 0 Å². The number of ether oxygens (including phenoxy) is 4. The number of hydrogen-bond acceptors (Lipinski definition) is 29. The number of carbonyl (C=O) groups is 6. The first kappa shape index (κ1) is 82.8. The zero-order valence-corrected chi connectivity index (χ0v) is 52.3. The van der Waals surface area contributed by atoms with E-state index >= 15 is 0 Å². The van der Waals surface area contributed by atoms with Crippen molar-refractivity contribution in [3.8, 4) is 0 Å². The summed E-state index contributed by atoms with van der Waals surface area (Å²) in [7, 11) is 0. The van der Waals surface area contributed by atoms with Gasteiger partial charge in [-0.1, -0.05) is 0 Å². The van der Waals surface area contributed by atoms with Gasteiger partial charge in [-0.05, 0) is 0 Å². The highest BCUT2D eigenvalue weighted by Gasteiger charge is 2.29. The lowest BCUT2D eigenvalue weighted by Gasteiger charge is -2.37. The molecular weight excluding hydrogens is 1220 g/mol. The van der Waals surface area contributed by atoms with Crippen molar-refractivity contribution < 1.29 is 129 Å². The summed E-state index contributed by atoms with van der Waals surface area (Å²) in [6.07, 6.45) is -7.79. The lowest BCUT2D eigenvalue weighted by atomic mass is 10.1. The minimum atomic E-state index is -1.26. The molecule has 532 valence electrons. The number of carboxylic acids is 5. The summed E-state index contributed by atoms with van der Waals surface area (Å²) < 4.78 is 23.5. The molecule has 16 N–H and O–H groups in total. The van der Waals surface area contributed by atoms with Crippen LogP contribution >= 0.6 is 0 Å². The monoisotopic (exact) mass is 1320 g/mol. The predicted octanol–water partition coefficient (Wildman–Crippen LogP) is -9.43. The molecule has 2 atom stereocenters. The van der Waals surface area contributed by atoms with Gasteiger partial charge in [-0.2, -0.15) is 0 Å². The lowest BCUT2D eigenvalue weighted by molar-refractivity contribution is -0.140. The van der Waals surface area contributed by atoms with Crippen LogP contribution in [0.4, 0.5) is 4.79 Å². The molecule has 0 aromatic heterocycles. The summed E-state index contributed by atoms with van der Waals surface area (Å²) in [5.74, 6) is -7.03. The summed E-state index contributed by atoms with van der Waals surface area (Å²) in [5, 5.41) is 163. The maximum atomic E-state index is 12.2. The first-order valence-corrected chi connectivity index (χ1v) is 30.7. The normalized spacial score (nSPS) is 17.9. The van der Waals surface area contributed by atoms with Gasteiger partial charge in [0.15, 0.2) is 0 Å². The smallest absolute Gasteiger partial charge is 0.407 e. The molecule has 0 saturated carbocycles. The molecule has 2 aliphatic rings. The van der Waals surface area contributed by atoms with Crippen molar-refractivity contribution in [3.05, 3.63) is 0 Å². The molecular formula is C55H106N10O26. The summed E-state index contributed by atoms with van der Waals surface area (Å²) in [6, 6.07) is 0. The third kappa shape index (κ3) is 38.6. The van der Waals surface area contributed by atoms with Gasteiger partial charge in [0, 0.05) is 169 Å². The Labute approximate surface area is 530 Å². The first-order chi connectivity index (χ1) is 43.4. The van der Waals surface area contributed by atoms with Gasteiger partial charge >= 0.3 is 35.9 Å². The summed E-state index contributed by atoms with van der Waals surface area (Å²) in [6.45, 7) is -5.64. The van der Waals surface area contributed by atoms with Gasteiger partial charge in [0.25, 0.3) is 0 Å². The molecule has 0 radical (unpaired) electrons. The number of amides is 1. The quantitative estimate of drug-likeness (QED) is 0.0269. The van der Waals surface area contributed by atoms with Gasteiger partial charge in [0.2, 0.25) is 0 Å². The Morgan fingerprint density at radius 2 is 0.527 bits per heavy atom. The van der Waals surface area contributed by atoms with E-state index in [0.717, 1.165) is 4.90 Å². The SMILES string of the molecule is O=C(O)CN1CCN(CC(=O)O)CCN(CC(O)CN(CCN(CC(O)CN2CCN(CC(=O)O)CCN(C(=O)O)CCN(CC(=O)O)CC2)CC(COC(CO)CO)COC(CO)CO)CC(COC(CO)CO)COC(CO)CO)CCN(CC(=O)O)CC1. The molecule has 2 aliphatic heterocycles. The van der Waals surface area contributed by atoms with Crippen LogP contribution in [-0.2, 0) is 42.9 Å². The molecule has 36 nitrogen and oxygen atoms in total. The van der Waals surface area contributed by atoms with E-state index in [9.17, 15) is 110 Å². The minimum Gasteiger partial charge on any atom is -0.480 e. The van der Waals surface area contributed by atoms with E-state index < -0.39 is 150 Å². The van der Waals surface area contributed by atoms with Gasteiger partial charge in [0.1, 0.15) is 24.4 Å². The van der Waals surface area contributed by atoms with Crippen molar-refractivity contribution in [2.24, 2.45) is 11.8 Å². The van der Waals surface area contributed by atoms with E-state index in [2.05, 4.69) is 0 Å². The molecule has 1 amide bonds. The Balaban J connectivity index is 2.76. The highest BCUT2D eigenvalue weighted by Crippen LogP contribution is 2.14. The summed E-state index contributed by atoms with van der Waals surface area (Å²) in [5.41, 5.74) is 0. The van der Waals surface area contributed by atoms with E-state index in [4.69, 9.17) is 18.9 Å². The largest absolute Gasteiger partial charge is 0.480 e. The van der Waals surface area contributed by atoms with Gasteiger partial charge in [-0.3, -0.25) is 68.1 Å². The van der Waals surface area contributed by atoms with Crippen molar-refractivity contribution in [1.29, 1.82) is 0 Å². The maximum absolute atomic E-state index is 12.2. The van der Waals surface area contributed by atoms with Crippen molar-refractivity contribution in [2.45, 2.75) is 36.6 Å². The fraction of sp³-hybridized carbons (Fsp3) is 0.891. The Morgan fingerprint density at radius 1 is 0.319 bits per heavy atom. The van der Waals surface area contributed by atoms with Gasteiger partial charge in [-0.15, -0.1) is 0 Å². The zero-order valence-electron chi connectivity index (χ0n) is 52.3. The molecule has 2 fully saturated rings. The number of β-amino-alcohol motifs (C(OH)–C–C–N with tert-alkyl or cyclic N) is 2. The number of hydrogen-bond donors (Lipinski definition) is 16. The zero-order chi connectivity index (χ0) is 67.7. The molecule has 91 heavy (non-hydrogen) atoms. The Morgan fingerprint density at radius 3 is 0.725 bits per heavy atom.